The van der Waals surface area contributed by atoms with Crippen LogP contribution in [0.5, 0.6) is 0 Å². The van der Waals surface area contributed by atoms with E-state index in [4.69, 9.17) is 10.7 Å². The number of imidazole rings is 1. The molecule has 1 saturated carbocycles. The Hall–Kier alpha value is -2.66. The van der Waals surface area contributed by atoms with Gasteiger partial charge in [-0.15, -0.1) is 0 Å². The predicted molar refractivity (Wildman–Crippen MR) is 103 cm³/mol. The van der Waals surface area contributed by atoms with Gasteiger partial charge < -0.3 is 11.1 Å². The summed E-state index contributed by atoms with van der Waals surface area (Å²) < 4.78 is 2.14. The van der Waals surface area contributed by atoms with Crippen molar-refractivity contribution in [2.45, 2.75) is 31.7 Å². The predicted octanol–water partition coefficient (Wildman–Crippen LogP) is 2.81. The maximum atomic E-state index is 12.2. The van der Waals surface area contributed by atoms with E-state index in [1.807, 2.05) is 36.4 Å². The topological polar surface area (TPSA) is 72.9 Å². The number of benzene rings is 2. The summed E-state index contributed by atoms with van der Waals surface area (Å²) in [6.07, 6.45) is 3.39. The van der Waals surface area contributed by atoms with Gasteiger partial charge in [0.2, 0.25) is 5.91 Å². The van der Waals surface area contributed by atoms with E-state index in [1.54, 1.807) is 0 Å². The van der Waals surface area contributed by atoms with Crippen molar-refractivity contribution in [3.63, 3.8) is 0 Å². The van der Waals surface area contributed by atoms with Gasteiger partial charge in [-0.05, 0) is 43.0 Å². The molecule has 0 aliphatic heterocycles. The van der Waals surface area contributed by atoms with Crippen LogP contribution < -0.4 is 11.1 Å². The first-order valence-corrected chi connectivity index (χ1v) is 9.26. The van der Waals surface area contributed by atoms with E-state index in [-0.39, 0.29) is 11.9 Å². The second kappa shape index (κ2) is 7.30. The van der Waals surface area contributed by atoms with Gasteiger partial charge >= 0.3 is 0 Å². The lowest BCUT2D eigenvalue weighted by Crippen LogP contribution is -2.38. The van der Waals surface area contributed by atoms with Gasteiger partial charge in [-0.3, -0.25) is 9.36 Å². The molecule has 3 aromatic rings. The molecule has 2 aromatic carbocycles. The van der Waals surface area contributed by atoms with E-state index in [2.05, 4.69) is 28.1 Å². The second-order valence-electron chi connectivity index (χ2n) is 6.99. The Morgan fingerprint density at radius 1 is 1.15 bits per heavy atom. The number of carbonyl (C=O) groups is 1. The Kier molecular flexibility index (Phi) is 4.71. The largest absolute Gasteiger partial charge is 0.355 e. The summed E-state index contributed by atoms with van der Waals surface area (Å²) in [7, 11) is 0. The highest BCUT2D eigenvalue weighted by atomic mass is 16.1. The van der Waals surface area contributed by atoms with Crippen LogP contribution >= 0.6 is 0 Å². The highest BCUT2D eigenvalue weighted by Gasteiger charge is 2.28. The summed E-state index contributed by atoms with van der Waals surface area (Å²) in [6.45, 7) is 0.568. The van der Waals surface area contributed by atoms with Crippen molar-refractivity contribution < 1.29 is 4.79 Å². The molecule has 0 radical (unpaired) electrons. The first-order valence-electron chi connectivity index (χ1n) is 9.26. The van der Waals surface area contributed by atoms with E-state index in [0.717, 1.165) is 22.5 Å². The van der Waals surface area contributed by atoms with Gasteiger partial charge in [0.1, 0.15) is 5.82 Å². The average Bonchev–Trinajstić information content (AvgIpc) is 3.46. The monoisotopic (exact) mass is 348 g/mol. The maximum absolute atomic E-state index is 12.2. The maximum Gasteiger partial charge on any atom is 0.220 e. The third kappa shape index (κ3) is 3.63. The van der Waals surface area contributed by atoms with Gasteiger partial charge in [0.25, 0.3) is 0 Å². The molecule has 5 heteroatoms. The molecule has 0 bridgehead atoms. The molecule has 5 nitrogen and oxygen atoms in total. The van der Waals surface area contributed by atoms with E-state index >= 15 is 0 Å². The number of aryl methyl sites for hydroxylation is 1. The lowest BCUT2D eigenvalue weighted by molar-refractivity contribution is -0.121. The second-order valence-corrected chi connectivity index (χ2v) is 6.99. The fraction of sp³-hybridized carbons (Fsp3) is 0.333. The molecule has 1 aromatic heterocycles. The lowest BCUT2D eigenvalue weighted by atomic mass is 10.2. The quantitative estimate of drug-likeness (QED) is 0.689. The zero-order chi connectivity index (χ0) is 17.9. The summed E-state index contributed by atoms with van der Waals surface area (Å²) in [5.41, 5.74) is 9.12. The fourth-order valence-electron chi connectivity index (χ4n) is 3.35. The third-order valence-corrected chi connectivity index (χ3v) is 4.98. The van der Waals surface area contributed by atoms with Crippen LogP contribution in [0.2, 0.25) is 0 Å². The van der Waals surface area contributed by atoms with Crippen molar-refractivity contribution in [2.75, 3.05) is 6.54 Å². The van der Waals surface area contributed by atoms with Gasteiger partial charge in [0.15, 0.2) is 0 Å². The Balaban J connectivity index is 1.50. The van der Waals surface area contributed by atoms with Crippen LogP contribution in [-0.4, -0.2) is 28.0 Å². The molecule has 1 fully saturated rings. The Morgan fingerprint density at radius 2 is 1.88 bits per heavy atom. The van der Waals surface area contributed by atoms with Crippen LogP contribution in [0.1, 0.15) is 25.1 Å². The van der Waals surface area contributed by atoms with Gasteiger partial charge in [-0.1, -0.05) is 30.3 Å². The van der Waals surface area contributed by atoms with Crippen molar-refractivity contribution in [3.8, 4) is 5.69 Å². The zero-order valence-electron chi connectivity index (χ0n) is 14.8. The Bertz CT molecular complexity index is 899. The molecule has 4 rings (SSSR count). The zero-order valence-corrected chi connectivity index (χ0v) is 14.8. The molecular formula is C21H24N4O. The Morgan fingerprint density at radius 3 is 2.65 bits per heavy atom. The number of para-hydroxylation sites is 3. The fourth-order valence-corrected chi connectivity index (χ4v) is 3.35. The van der Waals surface area contributed by atoms with Crippen molar-refractivity contribution in [1.29, 1.82) is 0 Å². The molecule has 1 heterocycles. The Labute approximate surface area is 153 Å². The van der Waals surface area contributed by atoms with Gasteiger partial charge in [0.05, 0.1) is 11.0 Å². The van der Waals surface area contributed by atoms with Gasteiger partial charge in [-0.2, -0.15) is 0 Å². The first kappa shape index (κ1) is 16.8. The third-order valence-electron chi connectivity index (χ3n) is 4.98. The number of nitrogens with two attached hydrogens (primary N) is 1. The number of nitrogens with one attached hydrogen (secondary N) is 1. The van der Waals surface area contributed by atoms with Gasteiger partial charge in [-0.25, -0.2) is 4.98 Å². The number of rotatable bonds is 7. The molecule has 1 amide bonds. The molecular weight excluding hydrogens is 324 g/mol. The molecule has 0 saturated heterocycles. The number of nitrogens with zero attached hydrogens (tertiary/aromatic N) is 2. The summed E-state index contributed by atoms with van der Waals surface area (Å²) in [6, 6.07) is 18.3. The van der Waals surface area contributed by atoms with Crippen LogP contribution in [0.15, 0.2) is 54.6 Å². The normalized spacial score (nSPS) is 15.1. The van der Waals surface area contributed by atoms with E-state index in [0.29, 0.717) is 25.3 Å². The smallest absolute Gasteiger partial charge is 0.220 e. The number of hydrogen-bond donors (Lipinski definition) is 2. The molecule has 0 spiro atoms. The van der Waals surface area contributed by atoms with E-state index < -0.39 is 0 Å². The highest BCUT2D eigenvalue weighted by Crippen LogP contribution is 2.31. The molecule has 1 aliphatic carbocycles. The summed E-state index contributed by atoms with van der Waals surface area (Å²) in [4.78, 5) is 17.0. The van der Waals surface area contributed by atoms with Crippen LogP contribution in [0.3, 0.4) is 0 Å². The molecule has 1 unspecified atom stereocenters. The van der Waals surface area contributed by atoms with Crippen molar-refractivity contribution in [1.82, 2.24) is 14.9 Å². The van der Waals surface area contributed by atoms with Crippen LogP contribution in [0, 0.1) is 5.92 Å². The SMILES string of the molecule is NC(CNC(=O)CCc1nc2ccccc2n1-c1ccccc1)C1CC1. The summed E-state index contributed by atoms with van der Waals surface area (Å²) in [5, 5.41) is 2.97. The van der Waals surface area contributed by atoms with Crippen molar-refractivity contribution in [3.05, 3.63) is 60.4 Å². The minimum Gasteiger partial charge on any atom is -0.355 e. The van der Waals surface area contributed by atoms with Crippen LogP contribution in [-0.2, 0) is 11.2 Å². The van der Waals surface area contributed by atoms with E-state index in [9.17, 15) is 4.79 Å². The number of hydrogen-bond acceptors (Lipinski definition) is 3. The number of fused-ring (bicyclic) bond motifs is 1. The molecule has 1 aliphatic rings. The average molecular weight is 348 g/mol. The molecule has 26 heavy (non-hydrogen) atoms. The van der Waals surface area contributed by atoms with Gasteiger partial charge in [0, 0.05) is 31.1 Å². The highest BCUT2D eigenvalue weighted by molar-refractivity contribution is 5.79. The van der Waals surface area contributed by atoms with Crippen LogP contribution in [0.25, 0.3) is 16.7 Å². The molecule has 1 atom stereocenters. The van der Waals surface area contributed by atoms with Crippen LogP contribution in [0.4, 0.5) is 0 Å². The minimum absolute atomic E-state index is 0.0350. The summed E-state index contributed by atoms with van der Waals surface area (Å²) >= 11 is 0. The lowest BCUT2D eigenvalue weighted by Gasteiger charge is -2.12. The van der Waals surface area contributed by atoms with Crippen molar-refractivity contribution >= 4 is 16.9 Å². The standard InChI is InChI=1S/C21H24N4O/c22-17(15-10-11-15)14-23-21(26)13-12-20-24-18-8-4-5-9-19(18)25(20)16-6-2-1-3-7-16/h1-9,15,17H,10-14,22H2,(H,23,26). The number of carbonyl (C=O) groups excluding carboxylic acids is 1. The van der Waals surface area contributed by atoms with Crippen molar-refractivity contribution in [2.24, 2.45) is 11.7 Å². The molecule has 3 N–H and O–H groups in total. The molecule has 134 valence electrons. The minimum atomic E-state index is 0.0350. The first-order chi connectivity index (χ1) is 12.7. The number of amides is 1. The number of aromatic nitrogens is 2. The summed E-state index contributed by atoms with van der Waals surface area (Å²) in [5.74, 6) is 1.53. The van der Waals surface area contributed by atoms with E-state index in [1.165, 1.54) is 12.8 Å².